The lowest BCUT2D eigenvalue weighted by Gasteiger charge is -2.20. The van der Waals surface area contributed by atoms with Gasteiger partial charge < -0.3 is 13.3 Å². The molecule has 0 saturated heterocycles. The SMILES string of the molecule is CC(C)(C)c1cccc2c1oc1c(-c3ccccc3)cccc12.CC(C)(C)c1cccc2c1sc1c(-c3ccccc3)cccc12.CC(C)(C)c1cccc2c1sc1ccccc12.CC(C)(C)c1cccc2oc3cccc(-c4ccccc4)c3c12.CC(C)(C)c1cccc2oc3ccccc3c12.CC(C)(C)c1cccc2sc3ccccc3c12. The molecule has 3 nitrogen and oxygen atoms in total. The number of thiophene rings is 3. The van der Waals surface area contributed by atoms with E-state index in [1.165, 1.54) is 154 Å². The summed E-state index contributed by atoms with van der Waals surface area (Å²) in [5.41, 5.74) is 22.4. The zero-order valence-corrected chi connectivity index (χ0v) is 75.1. The van der Waals surface area contributed by atoms with Gasteiger partial charge in [0.25, 0.3) is 0 Å². The average Bonchev–Trinajstić information content (AvgIpc) is 1.58. The Balaban J connectivity index is 0.000000108. The molecule has 120 heavy (non-hydrogen) atoms. The summed E-state index contributed by atoms with van der Waals surface area (Å²) in [5.74, 6) is 0. The van der Waals surface area contributed by atoms with E-state index in [9.17, 15) is 0 Å². The second kappa shape index (κ2) is 32.8. The smallest absolute Gasteiger partial charge is 0.143 e. The predicted octanol–water partition coefficient (Wildman–Crippen LogP) is 35.7. The molecule has 0 atom stereocenters. The molecule has 0 saturated carbocycles. The Labute approximate surface area is 719 Å². The summed E-state index contributed by atoms with van der Waals surface area (Å²) in [4.78, 5) is 0. The highest BCUT2D eigenvalue weighted by atomic mass is 32.1. The highest BCUT2D eigenvalue weighted by Crippen LogP contribution is 2.48. The van der Waals surface area contributed by atoms with Crippen molar-refractivity contribution >= 4 is 160 Å². The molecule has 6 aromatic heterocycles. The maximum Gasteiger partial charge on any atom is 0.143 e. The number of furan rings is 3. The summed E-state index contributed by atoms with van der Waals surface area (Å²) in [6.07, 6.45) is 0. The van der Waals surface area contributed by atoms with E-state index in [1.54, 1.807) is 0 Å². The third kappa shape index (κ3) is 16.5. The van der Waals surface area contributed by atoms with Gasteiger partial charge in [0, 0.05) is 104 Å². The normalized spacial score (nSPS) is 12.2. The molecule has 0 radical (unpaired) electrons. The van der Waals surface area contributed by atoms with Crippen molar-refractivity contribution in [2.24, 2.45) is 0 Å². The summed E-state index contributed by atoms with van der Waals surface area (Å²) in [6, 6.07) is 116. The van der Waals surface area contributed by atoms with Gasteiger partial charge in [-0.15, -0.1) is 34.0 Å². The molecule has 0 aliphatic heterocycles. The molecule has 0 aliphatic carbocycles. The van der Waals surface area contributed by atoms with Crippen molar-refractivity contribution in [2.75, 3.05) is 0 Å². The van der Waals surface area contributed by atoms with Crippen molar-refractivity contribution in [3.63, 3.8) is 0 Å². The molecule has 6 heterocycles. The van der Waals surface area contributed by atoms with Crippen LogP contribution in [0.1, 0.15) is 158 Å². The van der Waals surface area contributed by atoms with E-state index in [2.05, 4.69) is 428 Å². The topological polar surface area (TPSA) is 39.4 Å². The number of rotatable bonds is 3. The molecule has 21 rings (SSSR count). The van der Waals surface area contributed by atoms with Crippen LogP contribution in [0, 0.1) is 0 Å². The Kier molecular flexibility index (Phi) is 22.4. The van der Waals surface area contributed by atoms with Crippen LogP contribution in [-0.4, -0.2) is 0 Å². The molecular formula is C114H108O3S3. The van der Waals surface area contributed by atoms with Gasteiger partial charge in [0.05, 0.1) is 0 Å². The fourth-order valence-electron chi connectivity index (χ4n) is 17.0. The minimum Gasteiger partial charge on any atom is -0.456 e. The van der Waals surface area contributed by atoms with Crippen LogP contribution in [0.4, 0.5) is 0 Å². The standard InChI is InChI=1S/2C22H20O.C22H20S.C16H16O.2C16H16S/c1-22(2,3)17-12-8-14-19-21(17)20-16(11-7-13-18(20)23-19)15-9-5-4-6-10-15;2*1-22(2,3)19-14-8-13-18-17-12-7-11-16(20(17)23-21(18)19)15-9-5-4-6-10-15;1-16(2,3)12-8-6-10-14-15(12)11-7-4-5-9-13(11)17-14;1-16(2,3)13-9-6-8-12-11-7-4-5-10-14(11)17-15(12)13;1-16(2,3)12-8-6-10-14-15(12)11-7-4-5-9-13(11)17-14/h3*4-14H,1-3H3;3*4-10H,1-3H3. The molecule has 0 amide bonds. The fourth-order valence-corrected chi connectivity index (χ4v) is 21.1. The van der Waals surface area contributed by atoms with Crippen molar-refractivity contribution in [2.45, 2.75) is 157 Å². The number of benzene rings is 15. The molecule has 0 unspecified atom stereocenters. The predicted molar refractivity (Wildman–Crippen MR) is 528 cm³/mol. The lowest BCUT2D eigenvalue weighted by Crippen LogP contribution is -2.11. The molecule has 0 aliphatic rings. The van der Waals surface area contributed by atoms with E-state index in [0.29, 0.717) is 0 Å². The Bertz CT molecular complexity index is 6950. The van der Waals surface area contributed by atoms with Crippen LogP contribution in [-0.2, 0) is 32.5 Å². The maximum absolute atomic E-state index is 6.40. The van der Waals surface area contributed by atoms with Gasteiger partial charge in [-0.25, -0.2) is 0 Å². The molecule has 600 valence electrons. The molecule has 0 spiro atoms. The summed E-state index contributed by atoms with van der Waals surface area (Å²) in [7, 11) is 0. The van der Waals surface area contributed by atoms with Crippen LogP contribution in [0.25, 0.3) is 160 Å². The van der Waals surface area contributed by atoms with Crippen molar-refractivity contribution in [3.05, 3.63) is 361 Å². The summed E-state index contributed by atoms with van der Waals surface area (Å²) in [6.45, 7) is 40.8. The molecule has 0 bridgehead atoms. The van der Waals surface area contributed by atoms with Crippen LogP contribution in [0.5, 0.6) is 0 Å². The molecule has 6 heteroatoms. The first-order chi connectivity index (χ1) is 57.4. The third-order valence-corrected chi connectivity index (χ3v) is 26.5. The van der Waals surface area contributed by atoms with E-state index in [-0.39, 0.29) is 32.5 Å². The van der Waals surface area contributed by atoms with Crippen LogP contribution >= 0.6 is 34.0 Å². The van der Waals surface area contributed by atoms with Gasteiger partial charge in [-0.2, -0.15) is 0 Å². The zero-order chi connectivity index (χ0) is 84.2. The summed E-state index contributed by atoms with van der Waals surface area (Å²) in [5, 5.41) is 15.7. The lowest BCUT2D eigenvalue weighted by molar-refractivity contribution is 0.573. The zero-order valence-electron chi connectivity index (χ0n) is 72.6. The first-order valence-electron chi connectivity index (χ1n) is 42.1. The highest BCUT2D eigenvalue weighted by molar-refractivity contribution is 7.27. The number of fused-ring (bicyclic) bond motifs is 18. The Morgan fingerprint density at radius 1 is 0.175 bits per heavy atom. The first-order valence-corrected chi connectivity index (χ1v) is 44.6. The highest BCUT2D eigenvalue weighted by Gasteiger charge is 2.27. The molecule has 15 aromatic carbocycles. The van der Waals surface area contributed by atoms with Gasteiger partial charge >= 0.3 is 0 Å². The van der Waals surface area contributed by atoms with Crippen molar-refractivity contribution in [3.8, 4) is 33.4 Å². The van der Waals surface area contributed by atoms with Crippen molar-refractivity contribution in [1.29, 1.82) is 0 Å². The Hall–Kier alpha value is -11.6. The van der Waals surface area contributed by atoms with Crippen LogP contribution in [0.3, 0.4) is 0 Å². The summed E-state index contributed by atoms with van der Waals surface area (Å²) >= 11 is 5.74. The second-order valence-corrected chi connectivity index (χ2v) is 41.0. The van der Waals surface area contributed by atoms with E-state index < -0.39 is 0 Å². The van der Waals surface area contributed by atoms with Gasteiger partial charge in [-0.05, 0) is 131 Å². The minimum atomic E-state index is 0.0558. The molecule has 21 aromatic rings. The molecule has 0 fully saturated rings. The lowest BCUT2D eigenvalue weighted by atomic mass is 9.83. The van der Waals surface area contributed by atoms with Gasteiger partial charge in [0.15, 0.2) is 0 Å². The van der Waals surface area contributed by atoms with E-state index >= 15 is 0 Å². The quantitative estimate of drug-likeness (QED) is 0.177. The second-order valence-electron chi connectivity index (χ2n) is 37.8. The number of hydrogen-bond donors (Lipinski definition) is 0. The largest absolute Gasteiger partial charge is 0.456 e. The number of para-hydroxylation sites is 3. The van der Waals surface area contributed by atoms with E-state index in [1.807, 2.05) is 58.3 Å². The van der Waals surface area contributed by atoms with Crippen LogP contribution in [0.15, 0.2) is 341 Å². The monoisotopic (exact) mass is 1620 g/mol. The fraction of sp³-hybridized carbons (Fsp3) is 0.211. The maximum atomic E-state index is 6.40. The van der Waals surface area contributed by atoms with E-state index in [4.69, 9.17) is 13.3 Å². The van der Waals surface area contributed by atoms with Gasteiger partial charge in [0.2, 0.25) is 0 Å². The van der Waals surface area contributed by atoms with Gasteiger partial charge in [-0.1, -0.05) is 410 Å². The molecule has 0 N–H and O–H groups in total. The third-order valence-electron chi connectivity index (χ3n) is 22.9. The Morgan fingerprint density at radius 3 is 1.06 bits per heavy atom. The first kappa shape index (κ1) is 82.1. The molecular weight excluding hydrogens is 1510 g/mol. The number of hydrogen-bond acceptors (Lipinski definition) is 6. The van der Waals surface area contributed by atoms with Crippen molar-refractivity contribution in [1.82, 2.24) is 0 Å². The van der Waals surface area contributed by atoms with Crippen molar-refractivity contribution < 1.29 is 13.3 Å². The van der Waals surface area contributed by atoms with Crippen LogP contribution in [0.2, 0.25) is 0 Å². The van der Waals surface area contributed by atoms with Gasteiger partial charge in [0.1, 0.15) is 33.5 Å². The van der Waals surface area contributed by atoms with Crippen LogP contribution < -0.4 is 0 Å². The van der Waals surface area contributed by atoms with Gasteiger partial charge in [-0.3, -0.25) is 0 Å². The summed E-state index contributed by atoms with van der Waals surface area (Å²) < 4.78 is 26.9. The minimum absolute atomic E-state index is 0.0558. The Morgan fingerprint density at radius 2 is 0.500 bits per heavy atom. The average molecular weight is 1620 g/mol. The van der Waals surface area contributed by atoms with E-state index in [0.717, 1.165) is 39.1 Å².